The van der Waals surface area contributed by atoms with Gasteiger partial charge < -0.3 is 0 Å². The summed E-state index contributed by atoms with van der Waals surface area (Å²) in [5.41, 5.74) is 4.59. The quantitative estimate of drug-likeness (QED) is 0.588. The van der Waals surface area contributed by atoms with Gasteiger partial charge in [0, 0.05) is 0 Å². The molecule has 110 valence electrons. The first kappa shape index (κ1) is 13.9. The molecule has 0 spiro atoms. The Balaban J connectivity index is 1.62. The van der Waals surface area contributed by atoms with Gasteiger partial charge in [0.05, 0.1) is 11.7 Å². The molecule has 0 aliphatic carbocycles. The van der Waals surface area contributed by atoms with Gasteiger partial charge in [0.2, 0.25) is 0 Å². The second-order valence-corrected chi connectivity index (χ2v) is 4.58. The summed E-state index contributed by atoms with van der Waals surface area (Å²) < 4.78 is 14.2. The minimum absolute atomic E-state index is 0.0151. The number of carbonyl (C=O) groups is 1. The highest BCUT2D eigenvalue weighted by Crippen LogP contribution is 2.09. The molecule has 3 rings (SSSR count). The predicted molar refractivity (Wildman–Crippen MR) is 79.7 cm³/mol. The Labute approximate surface area is 125 Å². The van der Waals surface area contributed by atoms with Crippen molar-refractivity contribution in [1.29, 1.82) is 0 Å². The van der Waals surface area contributed by atoms with Crippen LogP contribution in [0.25, 0.3) is 11.0 Å². The molecule has 1 N–H and O–H groups in total. The molecule has 1 aromatic heterocycles. The standard InChI is InChI=1S/C15H12FN5O/c16-12-7-5-11(6-8-12)9-17-19-15(22)10-21-14-4-2-1-3-13(14)18-20-21/h1-9H,10H2,(H,19,22). The Bertz CT molecular complexity index is 825. The van der Waals surface area contributed by atoms with Crippen LogP contribution in [0.5, 0.6) is 0 Å². The van der Waals surface area contributed by atoms with Crippen molar-refractivity contribution in [2.24, 2.45) is 5.10 Å². The molecule has 1 amide bonds. The fourth-order valence-corrected chi connectivity index (χ4v) is 1.93. The average molecular weight is 297 g/mol. The van der Waals surface area contributed by atoms with Gasteiger partial charge in [-0.1, -0.05) is 29.5 Å². The van der Waals surface area contributed by atoms with Crippen LogP contribution in [0.15, 0.2) is 53.6 Å². The van der Waals surface area contributed by atoms with Crippen molar-refractivity contribution in [2.45, 2.75) is 6.54 Å². The van der Waals surface area contributed by atoms with Gasteiger partial charge in [-0.05, 0) is 29.8 Å². The maximum atomic E-state index is 12.7. The SMILES string of the molecule is O=C(Cn1nnc2ccccc21)NN=Cc1ccc(F)cc1. The number of aromatic nitrogens is 3. The third-order valence-corrected chi connectivity index (χ3v) is 2.99. The van der Waals surface area contributed by atoms with Crippen LogP contribution >= 0.6 is 0 Å². The number of benzene rings is 2. The van der Waals surface area contributed by atoms with Crippen LogP contribution in [-0.4, -0.2) is 27.1 Å². The number of hydrogen-bond acceptors (Lipinski definition) is 4. The molecule has 3 aromatic rings. The van der Waals surface area contributed by atoms with Crippen molar-refractivity contribution < 1.29 is 9.18 Å². The summed E-state index contributed by atoms with van der Waals surface area (Å²) in [6.45, 7) is 0.0151. The summed E-state index contributed by atoms with van der Waals surface area (Å²) in [5, 5.41) is 11.7. The van der Waals surface area contributed by atoms with Crippen molar-refractivity contribution in [2.75, 3.05) is 0 Å². The highest BCUT2D eigenvalue weighted by Gasteiger charge is 2.07. The lowest BCUT2D eigenvalue weighted by molar-refractivity contribution is -0.121. The number of hydrogen-bond donors (Lipinski definition) is 1. The number of fused-ring (bicyclic) bond motifs is 1. The van der Waals surface area contributed by atoms with Crippen LogP contribution in [0, 0.1) is 5.82 Å². The largest absolute Gasteiger partial charge is 0.271 e. The summed E-state index contributed by atoms with van der Waals surface area (Å²) in [6.07, 6.45) is 1.44. The summed E-state index contributed by atoms with van der Waals surface area (Å²) in [6, 6.07) is 13.1. The van der Waals surface area contributed by atoms with Crippen LogP contribution in [0.1, 0.15) is 5.56 Å². The van der Waals surface area contributed by atoms with Gasteiger partial charge in [0.15, 0.2) is 0 Å². The lowest BCUT2D eigenvalue weighted by atomic mass is 10.2. The van der Waals surface area contributed by atoms with Crippen LogP contribution in [0.2, 0.25) is 0 Å². The second kappa shape index (κ2) is 6.13. The lowest BCUT2D eigenvalue weighted by Gasteiger charge is -2.01. The number of para-hydroxylation sites is 1. The van der Waals surface area contributed by atoms with Crippen molar-refractivity contribution >= 4 is 23.2 Å². The first-order valence-corrected chi connectivity index (χ1v) is 6.58. The van der Waals surface area contributed by atoms with Gasteiger partial charge in [-0.3, -0.25) is 4.79 Å². The molecule has 0 aliphatic rings. The monoisotopic (exact) mass is 297 g/mol. The number of amides is 1. The third-order valence-electron chi connectivity index (χ3n) is 2.99. The van der Waals surface area contributed by atoms with E-state index in [1.165, 1.54) is 23.0 Å². The van der Waals surface area contributed by atoms with E-state index in [9.17, 15) is 9.18 Å². The molecule has 0 saturated heterocycles. The smallest absolute Gasteiger partial charge is 0.261 e. The van der Waals surface area contributed by atoms with E-state index in [1.54, 1.807) is 12.1 Å². The van der Waals surface area contributed by atoms with Crippen LogP contribution in [0.4, 0.5) is 4.39 Å². The molecule has 0 saturated carbocycles. The van der Waals surface area contributed by atoms with Gasteiger partial charge in [0.1, 0.15) is 17.9 Å². The number of rotatable bonds is 4. The zero-order valence-electron chi connectivity index (χ0n) is 11.5. The Morgan fingerprint density at radius 2 is 2.00 bits per heavy atom. The molecule has 6 nitrogen and oxygen atoms in total. The molecular weight excluding hydrogens is 285 g/mol. The Morgan fingerprint density at radius 1 is 1.23 bits per heavy atom. The zero-order valence-corrected chi connectivity index (χ0v) is 11.5. The first-order valence-electron chi connectivity index (χ1n) is 6.58. The lowest BCUT2D eigenvalue weighted by Crippen LogP contribution is -2.23. The van der Waals surface area contributed by atoms with Crippen LogP contribution in [0.3, 0.4) is 0 Å². The molecule has 0 radical (unpaired) electrons. The molecular formula is C15H12FN5O. The molecule has 0 aliphatic heterocycles. The molecule has 0 unspecified atom stereocenters. The van der Waals surface area contributed by atoms with Gasteiger partial charge in [-0.2, -0.15) is 5.10 Å². The molecule has 0 bridgehead atoms. The van der Waals surface area contributed by atoms with E-state index >= 15 is 0 Å². The summed E-state index contributed by atoms with van der Waals surface area (Å²) in [5.74, 6) is -0.645. The number of nitrogens with one attached hydrogen (secondary N) is 1. The van der Waals surface area contributed by atoms with E-state index in [4.69, 9.17) is 0 Å². The minimum Gasteiger partial charge on any atom is -0.271 e. The van der Waals surface area contributed by atoms with Crippen molar-refractivity contribution in [3.8, 4) is 0 Å². The number of hydrazone groups is 1. The van der Waals surface area contributed by atoms with Crippen LogP contribution < -0.4 is 5.43 Å². The molecule has 7 heteroatoms. The molecule has 0 atom stereocenters. The molecule has 0 fully saturated rings. The number of nitrogens with zero attached hydrogens (tertiary/aromatic N) is 4. The summed E-state index contributed by atoms with van der Waals surface area (Å²) >= 11 is 0. The van der Waals surface area contributed by atoms with Gasteiger partial charge in [-0.25, -0.2) is 14.5 Å². The maximum Gasteiger partial charge on any atom is 0.261 e. The van der Waals surface area contributed by atoms with Crippen molar-refractivity contribution in [3.05, 3.63) is 59.9 Å². The van der Waals surface area contributed by atoms with Crippen molar-refractivity contribution in [1.82, 2.24) is 20.4 Å². The normalized spacial score (nSPS) is 11.1. The van der Waals surface area contributed by atoms with E-state index in [0.29, 0.717) is 5.56 Å². The topological polar surface area (TPSA) is 72.2 Å². The average Bonchev–Trinajstić information content (AvgIpc) is 2.93. The van der Waals surface area contributed by atoms with E-state index in [0.717, 1.165) is 11.0 Å². The summed E-state index contributed by atoms with van der Waals surface area (Å²) in [4.78, 5) is 11.8. The minimum atomic E-state index is -0.325. The highest BCUT2D eigenvalue weighted by atomic mass is 19.1. The second-order valence-electron chi connectivity index (χ2n) is 4.58. The first-order chi connectivity index (χ1) is 10.7. The molecule has 1 heterocycles. The number of halogens is 1. The Kier molecular flexibility index (Phi) is 3.86. The van der Waals surface area contributed by atoms with Gasteiger partial charge >= 0.3 is 0 Å². The Morgan fingerprint density at radius 3 is 2.82 bits per heavy atom. The summed E-state index contributed by atoms with van der Waals surface area (Å²) in [7, 11) is 0. The predicted octanol–water partition coefficient (Wildman–Crippen LogP) is 1.72. The van der Waals surface area contributed by atoms with Gasteiger partial charge in [0.25, 0.3) is 5.91 Å². The fourth-order valence-electron chi connectivity index (χ4n) is 1.93. The van der Waals surface area contributed by atoms with Gasteiger partial charge in [-0.15, -0.1) is 5.10 Å². The highest BCUT2D eigenvalue weighted by molar-refractivity contribution is 5.83. The van der Waals surface area contributed by atoms with E-state index < -0.39 is 0 Å². The maximum absolute atomic E-state index is 12.7. The molecule has 22 heavy (non-hydrogen) atoms. The van der Waals surface area contributed by atoms with E-state index in [2.05, 4.69) is 20.8 Å². The van der Waals surface area contributed by atoms with Crippen LogP contribution in [-0.2, 0) is 11.3 Å². The van der Waals surface area contributed by atoms with E-state index in [-0.39, 0.29) is 18.3 Å². The Hall–Kier alpha value is -3.09. The zero-order chi connectivity index (χ0) is 15.4. The van der Waals surface area contributed by atoms with E-state index in [1.807, 2.05) is 24.3 Å². The fraction of sp³-hybridized carbons (Fsp3) is 0.0667. The van der Waals surface area contributed by atoms with Crippen molar-refractivity contribution in [3.63, 3.8) is 0 Å². The number of carbonyl (C=O) groups excluding carboxylic acids is 1. The molecule has 2 aromatic carbocycles. The third kappa shape index (κ3) is 3.14.